The Balaban J connectivity index is 1.46. The maximum absolute atomic E-state index is 12.3. The number of aromatic nitrogens is 1. The van der Waals surface area contributed by atoms with Gasteiger partial charge in [0, 0.05) is 24.4 Å². The number of carbonyl (C=O) groups is 2. The van der Waals surface area contributed by atoms with Gasteiger partial charge in [0.1, 0.15) is 19.0 Å². The highest BCUT2D eigenvalue weighted by molar-refractivity contribution is 7.15. The first kappa shape index (κ1) is 20.8. The van der Waals surface area contributed by atoms with E-state index >= 15 is 0 Å². The van der Waals surface area contributed by atoms with Crippen LogP contribution in [0.4, 0.5) is 0 Å². The minimum atomic E-state index is -0.580. The van der Waals surface area contributed by atoms with Gasteiger partial charge in [-0.3, -0.25) is 14.6 Å². The summed E-state index contributed by atoms with van der Waals surface area (Å²) in [5.41, 5.74) is 6.82. The number of hydrogen-bond acceptors (Lipinski definition) is 7. The lowest BCUT2D eigenvalue weighted by molar-refractivity contribution is -0.145. The summed E-state index contributed by atoms with van der Waals surface area (Å²) >= 11 is 1.76. The van der Waals surface area contributed by atoms with Gasteiger partial charge < -0.3 is 24.8 Å². The Hall–Kier alpha value is -2.49. The molecule has 0 aromatic carbocycles. The number of ether oxygens (including phenoxy) is 3. The molecule has 8 nitrogen and oxygen atoms in total. The molecule has 2 amide bonds. The van der Waals surface area contributed by atoms with Crippen molar-refractivity contribution in [3.63, 3.8) is 0 Å². The Kier molecular flexibility index (Phi) is 6.03. The topological polar surface area (TPSA) is 104 Å². The summed E-state index contributed by atoms with van der Waals surface area (Å²) in [4.78, 5) is 31.8. The SMILES string of the molecule is COc1ccc(-c2cc3c(s2)CCOC32CCN(C(=O)COCC(N)=O)CC2)nc1. The molecule has 2 aromatic rings. The van der Waals surface area contributed by atoms with Crippen molar-refractivity contribution < 1.29 is 23.8 Å². The number of carbonyl (C=O) groups excluding carboxylic acids is 2. The van der Waals surface area contributed by atoms with E-state index in [9.17, 15) is 9.59 Å². The number of nitrogens with two attached hydrogens (primary N) is 1. The van der Waals surface area contributed by atoms with Gasteiger partial charge in [0.2, 0.25) is 11.8 Å². The van der Waals surface area contributed by atoms with Gasteiger partial charge in [0.25, 0.3) is 0 Å². The summed E-state index contributed by atoms with van der Waals surface area (Å²) in [6, 6.07) is 6.08. The van der Waals surface area contributed by atoms with Crippen molar-refractivity contribution in [2.75, 3.05) is 40.0 Å². The van der Waals surface area contributed by atoms with Crippen LogP contribution < -0.4 is 10.5 Å². The quantitative estimate of drug-likeness (QED) is 0.747. The third-order valence-corrected chi connectivity index (χ3v) is 6.84. The Bertz CT molecular complexity index is 919. The molecule has 9 heteroatoms. The number of methoxy groups -OCH3 is 1. The van der Waals surface area contributed by atoms with Crippen LogP contribution in [0.15, 0.2) is 24.4 Å². The lowest BCUT2D eigenvalue weighted by Crippen LogP contribution is -2.49. The zero-order chi connectivity index (χ0) is 21.1. The molecule has 0 radical (unpaired) electrons. The predicted molar refractivity (Wildman–Crippen MR) is 111 cm³/mol. The van der Waals surface area contributed by atoms with Crippen molar-refractivity contribution in [1.82, 2.24) is 9.88 Å². The number of nitrogens with zero attached hydrogens (tertiary/aromatic N) is 2. The first-order valence-corrected chi connectivity index (χ1v) is 10.7. The van der Waals surface area contributed by atoms with Gasteiger partial charge in [-0.05, 0) is 36.6 Å². The summed E-state index contributed by atoms with van der Waals surface area (Å²) in [7, 11) is 1.63. The van der Waals surface area contributed by atoms with Crippen LogP contribution in [0.3, 0.4) is 0 Å². The molecule has 0 saturated carbocycles. The number of amides is 2. The molecule has 0 bridgehead atoms. The summed E-state index contributed by atoms with van der Waals surface area (Å²) in [6.07, 6.45) is 4.08. The fourth-order valence-corrected chi connectivity index (χ4v) is 5.26. The monoisotopic (exact) mass is 431 g/mol. The van der Waals surface area contributed by atoms with Crippen LogP contribution in [0, 0.1) is 0 Å². The Morgan fingerprint density at radius 1 is 1.30 bits per heavy atom. The number of pyridine rings is 1. The standard InChI is InChI=1S/C21H25N3O5S/c1-27-14-2-3-16(23-11-14)18-10-15-17(30-18)4-9-29-21(15)5-7-24(8-6-21)20(26)13-28-12-19(22)25/h2-3,10-11H,4-9,12-13H2,1H3,(H2,22,25). The van der Waals surface area contributed by atoms with Crippen LogP contribution >= 0.6 is 11.3 Å². The second-order valence-electron chi connectivity index (χ2n) is 7.46. The predicted octanol–water partition coefficient (Wildman–Crippen LogP) is 1.71. The molecule has 4 rings (SSSR count). The molecule has 160 valence electrons. The second-order valence-corrected chi connectivity index (χ2v) is 8.60. The van der Waals surface area contributed by atoms with Crippen molar-refractivity contribution in [2.45, 2.75) is 24.9 Å². The molecule has 2 N–H and O–H groups in total. The normalized spacial score (nSPS) is 17.6. The van der Waals surface area contributed by atoms with Gasteiger partial charge in [0.15, 0.2) is 0 Å². The summed E-state index contributed by atoms with van der Waals surface area (Å²) in [6.45, 7) is 1.48. The zero-order valence-electron chi connectivity index (χ0n) is 16.9. The molecule has 0 unspecified atom stereocenters. The summed E-state index contributed by atoms with van der Waals surface area (Å²) in [5, 5.41) is 0. The van der Waals surface area contributed by atoms with Gasteiger partial charge in [-0.1, -0.05) is 0 Å². The lowest BCUT2D eigenvalue weighted by Gasteiger charge is -2.44. The fraction of sp³-hybridized carbons (Fsp3) is 0.476. The summed E-state index contributed by atoms with van der Waals surface area (Å²) in [5.74, 6) is 0.0236. The molecule has 0 atom stereocenters. The van der Waals surface area contributed by atoms with Crippen molar-refractivity contribution in [1.29, 1.82) is 0 Å². The lowest BCUT2D eigenvalue weighted by atomic mass is 9.82. The number of fused-ring (bicyclic) bond motifs is 2. The van der Waals surface area contributed by atoms with Gasteiger partial charge in [-0.2, -0.15) is 0 Å². The van der Waals surface area contributed by atoms with E-state index in [1.165, 1.54) is 10.4 Å². The molecule has 1 fully saturated rings. The van der Waals surface area contributed by atoms with E-state index in [-0.39, 0.29) is 24.7 Å². The zero-order valence-corrected chi connectivity index (χ0v) is 17.7. The largest absolute Gasteiger partial charge is 0.495 e. The van der Waals surface area contributed by atoms with E-state index in [0.717, 1.165) is 35.6 Å². The van der Waals surface area contributed by atoms with Crippen LogP contribution in [-0.2, 0) is 31.1 Å². The van der Waals surface area contributed by atoms with E-state index in [4.69, 9.17) is 19.9 Å². The van der Waals surface area contributed by atoms with Crippen molar-refractivity contribution in [2.24, 2.45) is 5.73 Å². The van der Waals surface area contributed by atoms with Gasteiger partial charge in [0.05, 0.1) is 36.1 Å². The maximum atomic E-state index is 12.3. The van der Waals surface area contributed by atoms with Crippen molar-refractivity contribution >= 4 is 23.2 Å². The number of rotatable bonds is 6. The minimum absolute atomic E-state index is 0.129. The third-order valence-electron chi connectivity index (χ3n) is 5.63. The van der Waals surface area contributed by atoms with Crippen molar-refractivity contribution in [3.8, 4) is 16.3 Å². The minimum Gasteiger partial charge on any atom is -0.495 e. The van der Waals surface area contributed by atoms with Gasteiger partial charge in [-0.15, -0.1) is 11.3 Å². The van der Waals surface area contributed by atoms with Crippen LogP contribution in [0.2, 0.25) is 0 Å². The number of primary amides is 1. The molecule has 2 aromatic heterocycles. The van der Waals surface area contributed by atoms with E-state index in [0.29, 0.717) is 19.7 Å². The second kappa shape index (κ2) is 8.71. The number of thiophene rings is 1. The molecule has 2 aliphatic rings. The van der Waals surface area contributed by atoms with Crippen LogP contribution in [0.5, 0.6) is 5.75 Å². The molecule has 2 aliphatic heterocycles. The highest BCUT2D eigenvalue weighted by Gasteiger charge is 2.42. The van der Waals surface area contributed by atoms with Gasteiger partial charge in [-0.25, -0.2) is 0 Å². The van der Waals surface area contributed by atoms with E-state index in [2.05, 4.69) is 11.1 Å². The number of piperidine rings is 1. The first-order chi connectivity index (χ1) is 14.5. The smallest absolute Gasteiger partial charge is 0.248 e. The molecule has 0 aliphatic carbocycles. The molecule has 4 heterocycles. The Labute approximate surface area is 178 Å². The molecule has 1 saturated heterocycles. The maximum Gasteiger partial charge on any atom is 0.248 e. The molecular formula is C21H25N3O5S. The number of hydrogen-bond donors (Lipinski definition) is 1. The Morgan fingerprint density at radius 2 is 2.10 bits per heavy atom. The highest BCUT2D eigenvalue weighted by Crippen LogP contribution is 2.46. The summed E-state index contributed by atoms with van der Waals surface area (Å²) < 4.78 is 16.6. The third kappa shape index (κ3) is 4.19. The fourth-order valence-electron chi connectivity index (χ4n) is 4.05. The van der Waals surface area contributed by atoms with Crippen LogP contribution in [0.25, 0.3) is 10.6 Å². The average molecular weight is 432 g/mol. The van der Waals surface area contributed by atoms with E-state index < -0.39 is 5.91 Å². The highest BCUT2D eigenvalue weighted by atomic mass is 32.1. The van der Waals surface area contributed by atoms with E-state index in [1.54, 1.807) is 29.5 Å². The van der Waals surface area contributed by atoms with Crippen LogP contribution in [-0.4, -0.2) is 61.7 Å². The van der Waals surface area contributed by atoms with Crippen LogP contribution in [0.1, 0.15) is 23.3 Å². The van der Waals surface area contributed by atoms with E-state index in [1.807, 2.05) is 12.1 Å². The first-order valence-electron chi connectivity index (χ1n) is 9.92. The molecular weight excluding hydrogens is 406 g/mol. The Morgan fingerprint density at radius 3 is 2.77 bits per heavy atom. The number of likely N-dealkylation sites (tertiary alicyclic amines) is 1. The molecule has 1 spiro atoms. The van der Waals surface area contributed by atoms with Crippen molar-refractivity contribution in [3.05, 3.63) is 34.8 Å². The van der Waals surface area contributed by atoms with Gasteiger partial charge >= 0.3 is 0 Å². The molecule has 30 heavy (non-hydrogen) atoms. The average Bonchev–Trinajstić information content (AvgIpc) is 3.20.